The van der Waals surface area contributed by atoms with E-state index >= 15 is 0 Å². The van der Waals surface area contributed by atoms with E-state index in [0.717, 1.165) is 17.5 Å². The number of aryl methyl sites for hydroxylation is 2. The molecular weight excluding hydrogens is 416 g/mol. The van der Waals surface area contributed by atoms with Crippen molar-refractivity contribution in [3.63, 3.8) is 0 Å². The van der Waals surface area contributed by atoms with Gasteiger partial charge in [-0.2, -0.15) is 0 Å². The summed E-state index contributed by atoms with van der Waals surface area (Å²) in [7, 11) is 0. The van der Waals surface area contributed by atoms with Gasteiger partial charge in [0.25, 0.3) is 0 Å². The SMILES string of the molecule is CCOC(=O)[C@@H]1[C@H]2C(=O)N(CCO)C(C(=O)Nc3cc(C)ccc3C)C23CC[C@@]1(C)S3. The maximum atomic E-state index is 13.6. The second kappa shape index (κ2) is 7.81. The molecular formula is C23H30N2O5S. The molecule has 3 aliphatic rings. The Morgan fingerprint density at radius 2 is 2.06 bits per heavy atom. The third-order valence-corrected chi connectivity index (χ3v) is 9.04. The van der Waals surface area contributed by atoms with E-state index in [0.29, 0.717) is 12.1 Å². The number of aliphatic hydroxyl groups excluding tert-OH is 1. The molecule has 3 fully saturated rings. The van der Waals surface area contributed by atoms with Crippen molar-refractivity contribution in [3.8, 4) is 0 Å². The highest BCUT2D eigenvalue weighted by Crippen LogP contribution is 2.71. The number of benzene rings is 1. The predicted molar refractivity (Wildman–Crippen MR) is 119 cm³/mol. The van der Waals surface area contributed by atoms with Gasteiger partial charge in [-0.25, -0.2) is 0 Å². The van der Waals surface area contributed by atoms with E-state index in [4.69, 9.17) is 4.74 Å². The summed E-state index contributed by atoms with van der Waals surface area (Å²) < 4.78 is 4.21. The fraction of sp³-hybridized carbons (Fsp3) is 0.609. The number of fused-ring (bicyclic) bond motifs is 1. The van der Waals surface area contributed by atoms with Gasteiger partial charge in [0, 0.05) is 17.0 Å². The minimum Gasteiger partial charge on any atom is -0.466 e. The van der Waals surface area contributed by atoms with Crippen LogP contribution in [0.25, 0.3) is 0 Å². The lowest BCUT2D eigenvalue weighted by atomic mass is 9.66. The van der Waals surface area contributed by atoms with Crippen LogP contribution < -0.4 is 5.32 Å². The zero-order valence-electron chi connectivity index (χ0n) is 18.4. The number of rotatable bonds is 6. The van der Waals surface area contributed by atoms with Crippen molar-refractivity contribution in [2.24, 2.45) is 11.8 Å². The standard InChI is InChI=1S/C23H30N2O5S/c1-5-30-21(29)17-16-20(28)25(10-11-26)18(23(16)9-8-22(17,4)31-23)19(27)24-15-12-13(2)6-7-14(15)3/h6-7,12,16-18,26H,5,8-11H2,1-4H3,(H,24,27)/t16-,17-,18?,22+,23?/m0/s1. The van der Waals surface area contributed by atoms with E-state index in [1.54, 1.807) is 18.7 Å². The minimum atomic E-state index is -0.747. The second-order valence-corrected chi connectivity index (χ2v) is 10.9. The van der Waals surface area contributed by atoms with Crippen LogP contribution in [0.2, 0.25) is 0 Å². The maximum absolute atomic E-state index is 13.6. The molecule has 31 heavy (non-hydrogen) atoms. The molecule has 3 saturated heterocycles. The van der Waals surface area contributed by atoms with E-state index in [1.165, 1.54) is 4.90 Å². The minimum absolute atomic E-state index is 0.0643. The summed E-state index contributed by atoms with van der Waals surface area (Å²) >= 11 is 1.60. The number of esters is 1. The van der Waals surface area contributed by atoms with Gasteiger partial charge >= 0.3 is 5.97 Å². The third kappa shape index (κ3) is 3.26. The van der Waals surface area contributed by atoms with Gasteiger partial charge in [-0.15, -0.1) is 11.8 Å². The largest absolute Gasteiger partial charge is 0.466 e. The molecule has 1 aromatic carbocycles. The Bertz CT molecular complexity index is 937. The molecule has 3 aliphatic heterocycles. The second-order valence-electron chi connectivity index (χ2n) is 9.04. The molecule has 7 nitrogen and oxygen atoms in total. The van der Waals surface area contributed by atoms with Gasteiger partial charge in [0.1, 0.15) is 6.04 Å². The third-order valence-electron chi connectivity index (χ3n) is 7.06. The summed E-state index contributed by atoms with van der Waals surface area (Å²) in [4.78, 5) is 41.5. The van der Waals surface area contributed by atoms with Crippen LogP contribution in [0, 0.1) is 25.7 Å². The zero-order valence-corrected chi connectivity index (χ0v) is 19.3. The van der Waals surface area contributed by atoms with Crippen LogP contribution >= 0.6 is 11.8 Å². The number of thioether (sulfide) groups is 1. The molecule has 0 aliphatic carbocycles. The first-order chi connectivity index (χ1) is 14.7. The molecule has 0 radical (unpaired) electrons. The molecule has 2 amide bonds. The number of ether oxygens (including phenoxy) is 1. The fourth-order valence-electron chi connectivity index (χ4n) is 5.74. The lowest BCUT2D eigenvalue weighted by molar-refractivity contribution is -0.155. The van der Waals surface area contributed by atoms with Gasteiger partial charge in [-0.05, 0) is 57.7 Å². The van der Waals surface area contributed by atoms with E-state index < -0.39 is 27.4 Å². The normalized spacial score (nSPS) is 33.5. The highest BCUT2D eigenvalue weighted by molar-refractivity contribution is 8.02. The Hall–Kier alpha value is -2.06. The molecule has 2 unspecified atom stereocenters. The van der Waals surface area contributed by atoms with E-state index in [-0.39, 0.29) is 37.5 Å². The van der Waals surface area contributed by atoms with Crippen molar-refractivity contribution in [1.82, 2.24) is 4.90 Å². The molecule has 5 atom stereocenters. The van der Waals surface area contributed by atoms with Crippen LogP contribution in [-0.2, 0) is 19.1 Å². The first kappa shape index (κ1) is 22.1. The van der Waals surface area contributed by atoms with Crippen LogP contribution in [0.4, 0.5) is 5.69 Å². The summed E-state index contributed by atoms with van der Waals surface area (Å²) in [5.74, 6) is -2.06. The van der Waals surface area contributed by atoms with E-state index in [1.807, 2.05) is 39.0 Å². The Morgan fingerprint density at radius 1 is 1.32 bits per heavy atom. The average molecular weight is 447 g/mol. The van der Waals surface area contributed by atoms with Crippen molar-refractivity contribution in [2.75, 3.05) is 25.1 Å². The van der Waals surface area contributed by atoms with Crippen molar-refractivity contribution < 1.29 is 24.2 Å². The molecule has 1 aromatic rings. The van der Waals surface area contributed by atoms with Gasteiger partial charge in [-0.1, -0.05) is 12.1 Å². The fourth-order valence-corrected chi connectivity index (χ4v) is 8.08. The predicted octanol–water partition coefficient (Wildman–Crippen LogP) is 2.28. The smallest absolute Gasteiger partial charge is 0.311 e. The van der Waals surface area contributed by atoms with Crippen LogP contribution in [0.5, 0.6) is 0 Å². The number of hydrogen-bond donors (Lipinski definition) is 2. The molecule has 168 valence electrons. The Morgan fingerprint density at radius 3 is 2.74 bits per heavy atom. The molecule has 0 aromatic heterocycles. The number of hydrogen-bond acceptors (Lipinski definition) is 6. The monoisotopic (exact) mass is 446 g/mol. The summed E-state index contributed by atoms with van der Waals surface area (Å²) in [6.45, 7) is 7.72. The Kier molecular flexibility index (Phi) is 5.58. The summed E-state index contributed by atoms with van der Waals surface area (Å²) in [6, 6.07) is 5.10. The molecule has 4 rings (SSSR count). The molecule has 3 heterocycles. The van der Waals surface area contributed by atoms with Gasteiger partial charge in [-0.3, -0.25) is 14.4 Å². The quantitative estimate of drug-likeness (QED) is 0.651. The van der Waals surface area contributed by atoms with Crippen LogP contribution in [0.1, 0.15) is 37.8 Å². The highest BCUT2D eigenvalue weighted by atomic mass is 32.2. The molecule has 0 saturated carbocycles. The number of nitrogens with zero attached hydrogens (tertiary/aromatic N) is 1. The lowest BCUT2D eigenvalue weighted by Crippen LogP contribution is -2.52. The van der Waals surface area contributed by atoms with Gasteiger partial charge in [0.05, 0.1) is 29.8 Å². The van der Waals surface area contributed by atoms with Crippen LogP contribution in [0.15, 0.2) is 18.2 Å². The first-order valence-electron chi connectivity index (χ1n) is 10.8. The van der Waals surface area contributed by atoms with Gasteiger partial charge < -0.3 is 20.1 Å². The van der Waals surface area contributed by atoms with Crippen LogP contribution in [-0.4, -0.2) is 63.1 Å². The number of carbonyl (C=O) groups excluding carboxylic acids is 3. The number of aliphatic hydroxyl groups is 1. The average Bonchev–Trinajstić information content (AvgIpc) is 3.26. The van der Waals surface area contributed by atoms with Gasteiger partial charge in [0.2, 0.25) is 11.8 Å². The van der Waals surface area contributed by atoms with Crippen molar-refractivity contribution in [3.05, 3.63) is 29.3 Å². The molecule has 1 spiro atoms. The van der Waals surface area contributed by atoms with E-state index in [2.05, 4.69) is 5.32 Å². The van der Waals surface area contributed by atoms with Crippen LogP contribution in [0.3, 0.4) is 0 Å². The Balaban J connectivity index is 1.73. The number of β-amino-alcohol motifs (C(OH)–C–C–N with tert-alkyl or cyclic N) is 1. The maximum Gasteiger partial charge on any atom is 0.311 e. The Labute approximate surface area is 186 Å². The van der Waals surface area contributed by atoms with Gasteiger partial charge in [0.15, 0.2) is 0 Å². The highest BCUT2D eigenvalue weighted by Gasteiger charge is 2.77. The number of amides is 2. The zero-order chi connectivity index (χ0) is 22.6. The topological polar surface area (TPSA) is 95.9 Å². The van der Waals surface area contributed by atoms with Crippen molar-refractivity contribution in [1.29, 1.82) is 0 Å². The summed E-state index contributed by atoms with van der Waals surface area (Å²) in [5.41, 5.74) is 2.68. The molecule has 8 heteroatoms. The van der Waals surface area contributed by atoms with Crippen molar-refractivity contribution in [2.45, 2.75) is 56.1 Å². The lowest BCUT2D eigenvalue weighted by Gasteiger charge is -2.34. The van der Waals surface area contributed by atoms with Crippen molar-refractivity contribution >= 4 is 35.2 Å². The summed E-state index contributed by atoms with van der Waals surface area (Å²) in [5, 5.41) is 12.7. The first-order valence-corrected chi connectivity index (χ1v) is 11.7. The number of carbonyl (C=O) groups is 3. The van der Waals surface area contributed by atoms with E-state index in [9.17, 15) is 19.5 Å². The summed E-state index contributed by atoms with van der Waals surface area (Å²) in [6.07, 6.45) is 1.42. The number of anilines is 1. The molecule has 2 bridgehead atoms. The number of nitrogens with one attached hydrogen (secondary N) is 1. The molecule has 2 N–H and O–H groups in total. The number of likely N-dealkylation sites (tertiary alicyclic amines) is 1.